The first kappa shape index (κ1) is 16.6. The van der Waals surface area contributed by atoms with E-state index in [4.69, 9.17) is 22.1 Å². The highest BCUT2D eigenvalue weighted by molar-refractivity contribution is 6.30. The number of rotatable bonds is 4. The van der Waals surface area contributed by atoms with Gasteiger partial charge in [-0.2, -0.15) is 13.2 Å². The summed E-state index contributed by atoms with van der Waals surface area (Å²) in [7, 11) is 0. The number of benzene rings is 2. The molecule has 0 aromatic heterocycles. The smallest absolute Gasteiger partial charge is 0.416 e. The lowest BCUT2D eigenvalue weighted by atomic mass is 9.97. The average Bonchev–Trinajstić information content (AvgIpc) is 2.48. The second kappa shape index (κ2) is 6.58. The first-order valence-corrected chi connectivity index (χ1v) is 7.03. The van der Waals surface area contributed by atoms with Gasteiger partial charge < -0.3 is 10.5 Å². The van der Waals surface area contributed by atoms with E-state index in [9.17, 15) is 13.2 Å². The molecule has 118 valence electrons. The van der Waals surface area contributed by atoms with Crippen molar-refractivity contribution in [3.63, 3.8) is 0 Å². The molecular weight excluding hydrogens is 315 g/mol. The highest BCUT2D eigenvalue weighted by Crippen LogP contribution is 2.37. The molecule has 0 saturated heterocycles. The molecule has 6 heteroatoms. The molecule has 2 N–H and O–H groups in total. The maximum Gasteiger partial charge on any atom is 0.416 e. The summed E-state index contributed by atoms with van der Waals surface area (Å²) in [6, 6.07) is 9.99. The molecule has 0 aliphatic heterocycles. The molecular formula is C16H15ClF3NO. The SMILES string of the molecule is CC(CN)c1cc(C(F)(F)F)ccc1Oc1ccc(Cl)cc1. The van der Waals surface area contributed by atoms with E-state index in [0.717, 1.165) is 12.1 Å². The Labute approximate surface area is 131 Å². The van der Waals surface area contributed by atoms with Crippen molar-refractivity contribution < 1.29 is 17.9 Å². The van der Waals surface area contributed by atoms with E-state index in [1.807, 2.05) is 0 Å². The van der Waals surface area contributed by atoms with Crippen molar-refractivity contribution in [1.29, 1.82) is 0 Å². The van der Waals surface area contributed by atoms with E-state index in [0.29, 0.717) is 22.1 Å². The molecule has 2 aromatic carbocycles. The summed E-state index contributed by atoms with van der Waals surface area (Å²) in [4.78, 5) is 0. The van der Waals surface area contributed by atoms with Gasteiger partial charge in [0.25, 0.3) is 0 Å². The monoisotopic (exact) mass is 329 g/mol. The zero-order valence-electron chi connectivity index (χ0n) is 11.8. The van der Waals surface area contributed by atoms with Crippen molar-refractivity contribution in [2.24, 2.45) is 5.73 Å². The van der Waals surface area contributed by atoms with E-state index < -0.39 is 11.7 Å². The molecule has 1 atom stereocenters. The van der Waals surface area contributed by atoms with Crippen LogP contribution in [0.4, 0.5) is 13.2 Å². The third kappa shape index (κ3) is 3.93. The van der Waals surface area contributed by atoms with Crippen LogP contribution in [0.1, 0.15) is 24.0 Å². The van der Waals surface area contributed by atoms with Crippen molar-refractivity contribution in [2.45, 2.75) is 19.0 Å². The van der Waals surface area contributed by atoms with Crippen LogP contribution in [0.2, 0.25) is 5.02 Å². The standard InChI is InChI=1S/C16H15ClF3NO/c1-10(9-21)14-8-11(16(18,19)20)2-7-15(14)22-13-5-3-12(17)4-6-13/h2-8,10H,9,21H2,1H3. The van der Waals surface area contributed by atoms with Gasteiger partial charge in [-0.15, -0.1) is 0 Å². The molecule has 0 saturated carbocycles. The van der Waals surface area contributed by atoms with Gasteiger partial charge in [0.05, 0.1) is 5.56 Å². The number of hydrogen-bond acceptors (Lipinski definition) is 2. The van der Waals surface area contributed by atoms with Crippen LogP contribution in [-0.2, 0) is 6.18 Å². The summed E-state index contributed by atoms with van der Waals surface area (Å²) in [5.41, 5.74) is 5.30. The van der Waals surface area contributed by atoms with Crippen molar-refractivity contribution in [3.05, 3.63) is 58.6 Å². The van der Waals surface area contributed by atoms with Gasteiger partial charge in [-0.05, 0) is 60.5 Å². The second-order valence-electron chi connectivity index (χ2n) is 4.94. The fraction of sp³-hybridized carbons (Fsp3) is 0.250. The maximum atomic E-state index is 12.9. The quantitative estimate of drug-likeness (QED) is 0.835. The Morgan fingerprint density at radius 1 is 1.14 bits per heavy atom. The summed E-state index contributed by atoms with van der Waals surface area (Å²) < 4.78 is 44.2. The zero-order chi connectivity index (χ0) is 16.3. The third-order valence-electron chi connectivity index (χ3n) is 3.26. The zero-order valence-corrected chi connectivity index (χ0v) is 12.6. The molecule has 0 aliphatic carbocycles. The Bertz CT molecular complexity index is 641. The van der Waals surface area contributed by atoms with Crippen molar-refractivity contribution in [1.82, 2.24) is 0 Å². The normalized spacial score (nSPS) is 13.0. The molecule has 2 rings (SSSR count). The molecule has 22 heavy (non-hydrogen) atoms. The summed E-state index contributed by atoms with van der Waals surface area (Å²) in [5.74, 6) is 0.590. The Hall–Kier alpha value is -1.72. The molecule has 0 aliphatic rings. The van der Waals surface area contributed by atoms with Crippen LogP contribution >= 0.6 is 11.6 Å². The van der Waals surface area contributed by atoms with Gasteiger partial charge in [0.15, 0.2) is 0 Å². The van der Waals surface area contributed by atoms with E-state index in [-0.39, 0.29) is 12.5 Å². The average molecular weight is 330 g/mol. The fourth-order valence-electron chi connectivity index (χ4n) is 1.96. The topological polar surface area (TPSA) is 35.2 Å². The number of hydrogen-bond donors (Lipinski definition) is 1. The van der Waals surface area contributed by atoms with E-state index in [1.165, 1.54) is 6.07 Å². The number of ether oxygens (including phenoxy) is 1. The fourth-order valence-corrected chi connectivity index (χ4v) is 2.09. The lowest BCUT2D eigenvalue weighted by Crippen LogP contribution is -2.12. The molecule has 0 fully saturated rings. The molecule has 0 bridgehead atoms. The molecule has 0 radical (unpaired) electrons. The molecule has 2 nitrogen and oxygen atoms in total. The van der Waals surface area contributed by atoms with Crippen LogP contribution in [0, 0.1) is 0 Å². The van der Waals surface area contributed by atoms with Gasteiger partial charge in [-0.1, -0.05) is 18.5 Å². The molecule has 0 spiro atoms. The van der Waals surface area contributed by atoms with Crippen molar-refractivity contribution in [3.8, 4) is 11.5 Å². The molecule has 0 heterocycles. The minimum Gasteiger partial charge on any atom is -0.457 e. The van der Waals surface area contributed by atoms with Crippen molar-refractivity contribution in [2.75, 3.05) is 6.54 Å². The second-order valence-corrected chi connectivity index (χ2v) is 5.38. The van der Waals surface area contributed by atoms with Crippen LogP contribution in [0.5, 0.6) is 11.5 Å². The Morgan fingerprint density at radius 2 is 1.77 bits per heavy atom. The lowest BCUT2D eigenvalue weighted by molar-refractivity contribution is -0.137. The predicted molar refractivity (Wildman–Crippen MR) is 80.4 cm³/mol. The lowest BCUT2D eigenvalue weighted by Gasteiger charge is -2.18. The molecule has 2 aromatic rings. The number of halogens is 4. The van der Waals surface area contributed by atoms with E-state index >= 15 is 0 Å². The molecule has 0 amide bonds. The van der Waals surface area contributed by atoms with E-state index in [1.54, 1.807) is 31.2 Å². The van der Waals surface area contributed by atoms with Crippen LogP contribution in [0.3, 0.4) is 0 Å². The van der Waals surface area contributed by atoms with Gasteiger partial charge in [0.2, 0.25) is 0 Å². The van der Waals surface area contributed by atoms with Gasteiger partial charge >= 0.3 is 6.18 Å². The summed E-state index contributed by atoms with van der Waals surface area (Å²) in [6.45, 7) is 1.97. The molecule has 1 unspecified atom stereocenters. The van der Waals surface area contributed by atoms with Crippen LogP contribution < -0.4 is 10.5 Å². The largest absolute Gasteiger partial charge is 0.457 e. The summed E-state index contributed by atoms with van der Waals surface area (Å²) >= 11 is 5.79. The Balaban J connectivity index is 2.39. The third-order valence-corrected chi connectivity index (χ3v) is 3.52. The first-order valence-electron chi connectivity index (χ1n) is 6.66. The van der Waals surface area contributed by atoms with Crippen LogP contribution in [-0.4, -0.2) is 6.54 Å². The Kier molecular flexibility index (Phi) is 4.98. The van der Waals surface area contributed by atoms with Crippen LogP contribution in [0.15, 0.2) is 42.5 Å². The minimum absolute atomic E-state index is 0.221. The Morgan fingerprint density at radius 3 is 2.32 bits per heavy atom. The summed E-state index contributed by atoms with van der Waals surface area (Å²) in [5, 5.41) is 0.551. The van der Waals surface area contributed by atoms with Gasteiger partial charge in [-0.3, -0.25) is 0 Å². The first-order chi connectivity index (χ1) is 10.3. The highest BCUT2D eigenvalue weighted by atomic mass is 35.5. The minimum atomic E-state index is -4.40. The maximum absolute atomic E-state index is 12.9. The summed E-state index contributed by atoms with van der Waals surface area (Å²) in [6.07, 6.45) is -4.40. The van der Waals surface area contributed by atoms with Gasteiger partial charge in [-0.25, -0.2) is 0 Å². The van der Waals surface area contributed by atoms with Gasteiger partial charge in [0.1, 0.15) is 11.5 Å². The van der Waals surface area contributed by atoms with E-state index in [2.05, 4.69) is 0 Å². The number of alkyl halides is 3. The highest BCUT2D eigenvalue weighted by Gasteiger charge is 2.31. The number of nitrogens with two attached hydrogens (primary N) is 1. The van der Waals surface area contributed by atoms with Crippen LogP contribution in [0.25, 0.3) is 0 Å². The van der Waals surface area contributed by atoms with Gasteiger partial charge in [0, 0.05) is 5.02 Å². The predicted octanol–water partition coefficient (Wildman–Crippen LogP) is 5.21. The van der Waals surface area contributed by atoms with Crippen molar-refractivity contribution >= 4 is 11.6 Å².